The number of halogens is 1. The SMILES string of the molecule is CS(=O)(=O)c1ccc(C(NN)c2cncc(F)c2)cc1. The summed E-state index contributed by atoms with van der Waals surface area (Å²) in [6, 6.07) is 7.09. The smallest absolute Gasteiger partial charge is 0.175 e. The van der Waals surface area contributed by atoms with E-state index in [0.717, 1.165) is 12.5 Å². The zero-order valence-corrected chi connectivity index (χ0v) is 11.6. The molecular formula is C13H14FN3O2S. The molecule has 0 bridgehead atoms. The Hall–Kier alpha value is -1.83. The number of hydrogen-bond donors (Lipinski definition) is 2. The van der Waals surface area contributed by atoms with Gasteiger partial charge in [-0.15, -0.1) is 0 Å². The van der Waals surface area contributed by atoms with Crippen LogP contribution in [0, 0.1) is 5.82 Å². The molecule has 0 saturated carbocycles. The lowest BCUT2D eigenvalue weighted by Crippen LogP contribution is -2.29. The van der Waals surface area contributed by atoms with Crippen LogP contribution < -0.4 is 11.3 Å². The summed E-state index contributed by atoms with van der Waals surface area (Å²) in [4.78, 5) is 3.99. The summed E-state index contributed by atoms with van der Waals surface area (Å²) in [6.07, 6.45) is 3.74. The molecule has 1 atom stereocenters. The minimum atomic E-state index is -3.25. The lowest BCUT2D eigenvalue weighted by Gasteiger charge is -2.16. The number of sulfone groups is 1. The highest BCUT2D eigenvalue weighted by Crippen LogP contribution is 2.22. The van der Waals surface area contributed by atoms with Crippen LogP contribution in [0.1, 0.15) is 17.2 Å². The molecule has 1 aromatic heterocycles. The molecule has 7 heteroatoms. The Morgan fingerprint density at radius 1 is 1.20 bits per heavy atom. The standard InChI is InChI=1S/C13H14FN3O2S/c1-20(18,19)12-4-2-9(3-5-12)13(17-15)10-6-11(14)8-16-7-10/h2-8,13,17H,15H2,1H3. The number of nitrogens with zero attached hydrogens (tertiary/aromatic N) is 1. The topological polar surface area (TPSA) is 85.1 Å². The highest BCUT2D eigenvalue weighted by molar-refractivity contribution is 7.90. The van der Waals surface area contributed by atoms with Gasteiger partial charge in [-0.25, -0.2) is 18.2 Å². The minimum Gasteiger partial charge on any atom is -0.271 e. The number of pyridine rings is 1. The van der Waals surface area contributed by atoms with Gasteiger partial charge in [0.1, 0.15) is 5.82 Å². The van der Waals surface area contributed by atoms with Crippen molar-refractivity contribution >= 4 is 9.84 Å². The zero-order valence-electron chi connectivity index (χ0n) is 10.7. The van der Waals surface area contributed by atoms with Crippen LogP contribution in [0.2, 0.25) is 0 Å². The van der Waals surface area contributed by atoms with E-state index in [0.29, 0.717) is 11.1 Å². The predicted molar refractivity (Wildman–Crippen MR) is 72.9 cm³/mol. The van der Waals surface area contributed by atoms with Crippen LogP contribution in [0.15, 0.2) is 47.6 Å². The first-order valence-corrected chi connectivity index (χ1v) is 7.67. The molecule has 0 saturated heterocycles. The van der Waals surface area contributed by atoms with Crippen LogP contribution in [-0.4, -0.2) is 19.7 Å². The largest absolute Gasteiger partial charge is 0.271 e. The van der Waals surface area contributed by atoms with E-state index in [1.54, 1.807) is 12.1 Å². The van der Waals surface area contributed by atoms with Crippen molar-refractivity contribution in [1.29, 1.82) is 0 Å². The van der Waals surface area contributed by atoms with Gasteiger partial charge in [0.2, 0.25) is 0 Å². The van der Waals surface area contributed by atoms with E-state index < -0.39 is 21.7 Å². The molecule has 1 unspecified atom stereocenters. The summed E-state index contributed by atoms with van der Waals surface area (Å²) >= 11 is 0. The van der Waals surface area contributed by atoms with Gasteiger partial charge in [-0.3, -0.25) is 10.8 Å². The summed E-state index contributed by atoms with van der Waals surface area (Å²) in [5.41, 5.74) is 3.83. The highest BCUT2D eigenvalue weighted by Gasteiger charge is 2.15. The average molecular weight is 295 g/mol. The second-order valence-electron chi connectivity index (χ2n) is 4.38. The molecule has 1 heterocycles. The number of nitrogens with one attached hydrogen (secondary N) is 1. The van der Waals surface area contributed by atoms with Crippen LogP contribution in [0.25, 0.3) is 0 Å². The lowest BCUT2D eigenvalue weighted by atomic mass is 10.0. The van der Waals surface area contributed by atoms with Gasteiger partial charge in [0.25, 0.3) is 0 Å². The normalized spacial score (nSPS) is 13.2. The molecule has 106 valence electrons. The number of hydrogen-bond acceptors (Lipinski definition) is 5. The second kappa shape index (κ2) is 5.66. The number of aromatic nitrogens is 1. The molecule has 2 aromatic rings. The van der Waals surface area contributed by atoms with Gasteiger partial charge >= 0.3 is 0 Å². The maximum absolute atomic E-state index is 13.2. The Bertz CT molecular complexity index is 702. The van der Waals surface area contributed by atoms with E-state index in [4.69, 9.17) is 5.84 Å². The summed E-state index contributed by atoms with van der Waals surface area (Å²) in [5.74, 6) is 5.03. The number of hydrazine groups is 1. The van der Waals surface area contributed by atoms with Gasteiger partial charge in [0, 0.05) is 12.5 Å². The van der Waals surface area contributed by atoms with E-state index in [-0.39, 0.29) is 4.90 Å². The van der Waals surface area contributed by atoms with Crippen LogP contribution in [-0.2, 0) is 9.84 Å². The molecule has 5 nitrogen and oxygen atoms in total. The first-order chi connectivity index (χ1) is 9.41. The molecule has 0 fully saturated rings. The van der Waals surface area contributed by atoms with Crippen molar-refractivity contribution in [3.8, 4) is 0 Å². The fourth-order valence-electron chi connectivity index (χ4n) is 1.88. The first kappa shape index (κ1) is 14.6. The summed E-state index contributed by atoms with van der Waals surface area (Å²) < 4.78 is 36.0. The second-order valence-corrected chi connectivity index (χ2v) is 6.39. The van der Waals surface area contributed by atoms with E-state index in [1.165, 1.54) is 24.4 Å². The van der Waals surface area contributed by atoms with Gasteiger partial charge < -0.3 is 0 Å². The maximum atomic E-state index is 13.2. The van der Waals surface area contributed by atoms with Crippen molar-refractivity contribution in [1.82, 2.24) is 10.4 Å². The van der Waals surface area contributed by atoms with Crippen molar-refractivity contribution in [2.24, 2.45) is 5.84 Å². The molecule has 20 heavy (non-hydrogen) atoms. The molecular weight excluding hydrogens is 281 g/mol. The number of nitrogens with two attached hydrogens (primary N) is 1. The van der Waals surface area contributed by atoms with Crippen LogP contribution >= 0.6 is 0 Å². The van der Waals surface area contributed by atoms with Crippen molar-refractivity contribution in [2.45, 2.75) is 10.9 Å². The molecule has 0 amide bonds. The Balaban J connectivity index is 2.38. The predicted octanol–water partition coefficient (Wildman–Crippen LogP) is 1.18. The van der Waals surface area contributed by atoms with Crippen LogP contribution in [0.5, 0.6) is 0 Å². The summed E-state index contributed by atoms with van der Waals surface area (Å²) in [5, 5.41) is 0. The molecule has 3 N–H and O–H groups in total. The van der Waals surface area contributed by atoms with Gasteiger partial charge in [0.05, 0.1) is 17.1 Å². The minimum absolute atomic E-state index is 0.217. The summed E-state index contributed by atoms with van der Waals surface area (Å²) in [7, 11) is -3.25. The zero-order chi connectivity index (χ0) is 14.8. The van der Waals surface area contributed by atoms with Crippen LogP contribution in [0.4, 0.5) is 4.39 Å². The van der Waals surface area contributed by atoms with Gasteiger partial charge in [0.15, 0.2) is 9.84 Å². The third-order valence-electron chi connectivity index (χ3n) is 2.87. The Morgan fingerprint density at radius 2 is 1.85 bits per heavy atom. The molecule has 0 spiro atoms. The lowest BCUT2D eigenvalue weighted by molar-refractivity contribution is 0.597. The van der Waals surface area contributed by atoms with Crippen molar-refractivity contribution in [3.63, 3.8) is 0 Å². The quantitative estimate of drug-likeness (QED) is 0.653. The Kier molecular flexibility index (Phi) is 4.12. The molecule has 0 aliphatic carbocycles. The van der Waals surface area contributed by atoms with E-state index in [1.807, 2.05) is 0 Å². The van der Waals surface area contributed by atoms with Gasteiger partial charge in [-0.05, 0) is 29.3 Å². The van der Waals surface area contributed by atoms with E-state index in [9.17, 15) is 12.8 Å². The first-order valence-electron chi connectivity index (χ1n) is 5.78. The van der Waals surface area contributed by atoms with Crippen LogP contribution in [0.3, 0.4) is 0 Å². The number of rotatable bonds is 4. The van der Waals surface area contributed by atoms with Gasteiger partial charge in [-0.1, -0.05) is 12.1 Å². The van der Waals surface area contributed by atoms with Crippen molar-refractivity contribution in [3.05, 3.63) is 59.7 Å². The molecule has 2 rings (SSSR count). The molecule has 0 aliphatic heterocycles. The van der Waals surface area contributed by atoms with Crippen molar-refractivity contribution < 1.29 is 12.8 Å². The molecule has 0 radical (unpaired) electrons. The Morgan fingerprint density at radius 3 is 2.35 bits per heavy atom. The highest BCUT2D eigenvalue weighted by atomic mass is 32.2. The average Bonchev–Trinajstić information content (AvgIpc) is 2.39. The third kappa shape index (κ3) is 3.19. The fraction of sp³-hybridized carbons (Fsp3) is 0.154. The van der Waals surface area contributed by atoms with Gasteiger partial charge in [-0.2, -0.15) is 0 Å². The Labute approximate surface area is 116 Å². The van der Waals surface area contributed by atoms with Crippen molar-refractivity contribution in [2.75, 3.05) is 6.26 Å². The fourth-order valence-corrected chi connectivity index (χ4v) is 2.51. The molecule has 1 aromatic carbocycles. The number of benzene rings is 1. The molecule has 0 aliphatic rings. The third-order valence-corrected chi connectivity index (χ3v) is 4.00. The van der Waals surface area contributed by atoms with E-state index in [2.05, 4.69) is 10.4 Å². The summed E-state index contributed by atoms with van der Waals surface area (Å²) in [6.45, 7) is 0. The van der Waals surface area contributed by atoms with E-state index >= 15 is 0 Å². The monoisotopic (exact) mass is 295 g/mol. The maximum Gasteiger partial charge on any atom is 0.175 e.